The summed E-state index contributed by atoms with van der Waals surface area (Å²) in [7, 11) is 1.45. The minimum atomic E-state index is -1.18. The molecule has 15 heteroatoms. The van der Waals surface area contributed by atoms with E-state index in [0.29, 0.717) is 11.3 Å². The molecule has 0 saturated carbocycles. The molecule has 2 amide bonds. The van der Waals surface area contributed by atoms with Gasteiger partial charge in [-0.3, -0.25) is 19.3 Å². The van der Waals surface area contributed by atoms with Gasteiger partial charge in [0.15, 0.2) is 10.8 Å². The Balaban J connectivity index is 1.75. The number of aromatic nitrogens is 1. The van der Waals surface area contributed by atoms with Gasteiger partial charge in [0.1, 0.15) is 22.8 Å². The first kappa shape index (κ1) is 26.4. The molecule has 3 heterocycles. The van der Waals surface area contributed by atoms with Gasteiger partial charge in [0.25, 0.3) is 11.8 Å². The van der Waals surface area contributed by atoms with Crippen molar-refractivity contribution in [1.29, 1.82) is 0 Å². The lowest BCUT2D eigenvalue weighted by Crippen LogP contribution is -2.71. The molecule has 0 bridgehead atoms. The van der Waals surface area contributed by atoms with E-state index >= 15 is 0 Å². The van der Waals surface area contributed by atoms with Crippen molar-refractivity contribution in [3.05, 3.63) is 22.3 Å². The van der Waals surface area contributed by atoms with Crippen molar-refractivity contribution in [2.75, 3.05) is 25.2 Å². The van der Waals surface area contributed by atoms with Crippen LogP contribution in [0.25, 0.3) is 0 Å². The molecule has 3 atom stereocenters. The second-order valence-electron chi connectivity index (χ2n) is 7.83. The molecule has 1 aromatic rings. The zero-order chi connectivity index (χ0) is 25.9. The molecule has 2 aliphatic rings. The van der Waals surface area contributed by atoms with Gasteiger partial charge in [-0.15, -0.1) is 23.1 Å². The van der Waals surface area contributed by atoms with Crippen molar-refractivity contribution in [3.8, 4) is 0 Å². The number of nitrogens with zero attached hydrogens (tertiary/aromatic N) is 3. The number of nitrogens with one attached hydrogen (secondary N) is 1. The average molecular weight is 528 g/mol. The Hall–Kier alpha value is -3.17. The molecule has 4 N–H and O–H groups in total. The Morgan fingerprint density at radius 2 is 2.06 bits per heavy atom. The number of rotatable bonds is 9. The summed E-state index contributed by atoms with van der Waals surface area (Å²) in [6, 6.07) is -0.997. The number of anilines is 1. The van der Waals surface area contributed by atoms with Gasteiger partial charge in [-0.2, -0.15) is 0 Å². The third kappa shape index (κ3) is 5.57. The number of thiazole rings is 1. The van der Waals surface area contributed by atoms with E-state index in [-0.39, 0.29) is 23.1 Å². The molecule has 2 unspecified atom stereocenters. The highest BCUT2D eigenvalue weighted by Crippen LogP contribution is 2.41. The molecule has 1 aromatic heterocycles. The van der Waals surface area contributed by atoms with Crippen LogP contribution in [0.3, 0.4) is 0 Å². The summed E-state index contributed by atoms with van der Waals surface area (Å²) in [5.41, 5.74) is 5.70. The Bertz CT molecular complexity index is 1090. The number of carbonyl (C=O) groups excluding carboxylic acids is 4. The first-order valence-corrected chi connectivity index (χ1v) is 12.3. The number of nitrogens with two attached hydrogens (primary N) is 1. The summed E-state index contributed by atoms with van der Waals surface area (Å²) in [6.07, 6.45) is -1.18. The average Bonchev–Trinajstić information content (AvgIpc) is 3.23. The first-order chi connectivity index (χ1) is 16.6. The maximum Gasteiger partial charge on any atom is 0.358 e. The van der Waals surface area contributed by atoms with Crippen LogP contribution in [-0.4, -0.2) is 81.7 Å². The molecule has 0 radical (unpaired) electrons. The molecule has 0 aliphatic carbocycles. The minimum absolute atomic E-state index is 0.0260. The van der Waals surface area contributed by atoms with Crippen LogP contribution in [0.2, 0.25) is 0 Å². The van der Waals surface area contributed by atoms with Gasteiger partial charge < -0.3 is 30.5 Å². The number of carbonyl (C=O) groups is 4. The van der Waals surface area contributed by atoms with Gasteiger partial charge in [-0.25, -0.2) is 9.78 Å². The van der Waals surface area contributed by atoms with E-state index in [1.54, 1.807) is 13.8 Å². The monoisotopic (exact) mass is 527 g/mol. The summed E-state index contributed by atoms with van der Waals surface area (Å²) in [6.45, 7) is 4.74. The van der Waals surface area contributed by atoms with Crippen LogP contribution < -0.4 is 11.1 Å². The molecule has 35 heavy (non-hydrogen) atoms. The van der Waals surface area contributed by atoms with Crippen LogP contribution in [-0.2, 0) is 33.4 Å². The topological polar surface area (TPSA) is 183 Å². The number of esters is 2. The molecule has 0 spiro atoms. The summed E-state index contributed by atoms with van der Waals surface area (Å²) in [5.74, 6) is -2.90. The molecule has 13 nitrogen and oxygen atoms in total. The van der Waals surface area contributed by atoms with Crippen LogP contribution in [0.5, 0.6) is 0 Å². The standard InChI is InChI=1S/C20H25N5O8S2/c1-8(2)18(28)32-9(3)33-19(29)14-10(5-31-4)6-34-17-13(16(27)25(14)17)23-15(26)12(24-30)11-7-35-20(21)22-11/h7-9,13,17,30H,5-6H2,1-4H3,(H2,21,22)(H,23,26)/b24-12-/t9?,13?,17-/m1/s1. The molecule has 0 aromatic carbocycles. The van der Waals surface area contributed by atoms with Crippen LogP contribution in [0.1, 0.15) is 26.5 Å². The van der Waals surface area contributed by atoms with E-state index in [0.717, 1.165) is 11.3 Å². The van der Waals surface area contributed by atoms with Crippen molar-refractivity contribution < 1.29 is 38.6 Å². The number of hydrogen-bond donors (Lipinski definition) is 3. The zero-order valence-electron chi connectivity index (χ0n) is 19.3. The number of β-lactam (4-membered cyclic amide) rings is 1. The maximum absolute atomic E-state index is 13.0. The van der Waals surface area contributed by atoms with Crippen molar-refractivity contribution in [2.45, 2.75) is 38.5 Å². The van der Waals surface area contributed by atoms with E-state index < -0.39 is 53.1 Å². The second kappa shape index (κ2) is 11.0. The molecular formula is C20H25N5O8S2. The number of nitrogen functional groups attached to an aromatic ring is 1. The van der Waals surface area contributed by atoms with E-state index in [2.05, 4.69) is 15.5 Å². The number of methoxy groups -OCH3 is 1. The van der Waals surface area contributed by atoms with Crippen molar-refractivity contribution in [2.24, 2.45) is 11.1 Å². The first-order valence-electron chi connectivity index (χ1n) is 10.4. The number of hydrogen-bond acceptors (Lipinski definition) is 13. The molecular weight excluding hydrogens is 502 g/mol. The summed E-state index contributed by atoms with van der Waals surface area (Å²) < 4.78 is 15.5. The van der Waals surface area contributed by atoms with Crippen LogP contribution in [0.4, 0.5) is 5.13 Å². The zero-order valence-corrected chi connectivity index (χ0v) is 21.0. The summed E-state index contributed by atoms with van der Waals surface area (Å²) >= 11 is 2.37. The van der Waals surface area contributed by atoms with Crippen molar-refractivity contribution in [1.82, 2.24) is 15.2 Å². The molecule has 1 saturated heterocycles. The van der Waals surface area contributed by atoms with Gasteiger partial charge in [-0.1, -0.05) is 19.0 Å². The molecule has 190 valence electrons. The fraction of sp³-hybridized carbons (Fsp3) is 0.500. The minimum Gasteiger partial charge on any atom is -0.425 e. The highest BCUT2D eigenvalue weighted by molar-refractivity contribution is 8.00. The van der Waals surface area contributed by atoms with Crippen molar-refractivity contribution in [3.63, 3.8) is 0 Å². The van der Waals surface area contributed by atoms with E-state index in [1.165, 1.54) is 36.1 Å². The predicted octanol–water partition coefficient (Wildman–Crippen LogP) is 0.292. The molecule has 2 aliphatic heterocycles. The Kier molecular flexibility index (Phi) is 8.34. The number of amides is 2. The van der Waals surface area contributed by atoms with Crippen molar-refractivity contribution >= 4 is 57.7 Å². The highest BCUT2D eigenvalue weighted by atomic mass is 32.2. The third-order valence-electron chi connectivity index (χ3n) is 4.95. The van der Waals surface area contributed by atoms with E-state index in [1.807, 2.05) is 0 Å². The fourth-order valence-corrected chi connectivity index (χ4v) is 5.18. The largest absolute Gasteiger partial charge is 0.425 e. The third-order valence-corrected chi connectivity index (χ3v) is 6.97. The Morgan fingerprint density at radius 1 is 1.34 bits per heavy atom. The number of ether oxygens (including phenoxy) is 3. The van der Waals surface area contributed by atoms with Crippen LogP contribution in [0.15, 0.2) is 21.8 Å². The SMILES string of the molecule is COCC1=C(C(=O)OC(C)OC(=O)C(C)C)N2C(=O)C(NC(=O)/C(=N\O)c3csc(N)n3)[C@H]2SC1. The number of thioether (sulfide) groups is 1. The normalized spacial score (nSPS) is 20.8. The molecule has 3 rings (SSSR count). The highest BCUT2D eigenvalue weighted by Gasteiger charge is 2.55. The summed E-state index contributed by atoms with van der Waals surface area (Å²) in [5, 5.41) is 15.8. The van der Waals surface area contributed by atoms with Gasteiger partial charge in [-0.05, 0) is 5.57 Å². The Morgan fingerprint density at radius 3 is 2.63 bits per heavy atom. The van der Waals surface area contributed by atoms with Gasteiger partial charge >= 0.3 is 11.9 Å². The fourth-order valence-electron chi connectivity index (χ4n) is 3.31. The number of oxime groups is 1. The quantitative estimate of drug-likeness (QED) is 0.100. The second-order valence-corrected chi connectivity index (χ2v) is 9.82. The molecule has 1 fully saturated rings. The maximum atomic E-state index is 13.0. The lowest BCUT2D eigenvalue weighted by Gasteiger charge is -2.49. The van der Waals surface area contributed by atoms with Crippen LogP contribution >= 0.6 is 23.1 Å². The van der Waals surface area contributed by atoms with Crippen LogP contribution in [0, 0.1) is 5.92 Å². The Labute approximate surface area is 208 Å². The van der Waals surface area contributed by atoms with Gasteiger partial charge in [0, 0.05) is 25.2 Å². The lowest BCUT2D eigenvalue weighted by molar-refractivity contribution is -0.186. The summed E-state index contributed by atoms with van der Waals surface area (Å²) in [4.78, 5) is 55.5. The van der Waals surface area contributed by atoms with Gasteiger partial charge in [0.2, 0.25) is 6.29 Å². The van der Waals surface area contributed by atoms with Gasteiger partial charge in [0.05, 0.1) is 12.5 Å². The van der Waals surface area contributed by atoms with E-state index in [4.69, 9.17) is 19.9 Å². The van der Waals surface area contributed by atoms with E-state index in [9.17, 15) is 24.4 Å². The lowest BCUT2D eigenvalue weighted by atomic mass is 10.0. The predicted molar refractivity (Wildman–Crippen MR) is 125 cm³/mol. The smallest absolute Gasteiger partial charge is 0.358 e. The number of fused-ring (bicyclic) bond motifs is 1.